The summed E-state index contributed by atoms with van der Waals surface area (Å²) < 4.78 is 1.35. The number of H-pyrrole nitrogens is 1. The summed E-state index contributed by atoms with van der Waals surface area (Å²) in [6.07, 6.45) is 4.26. The lowest BCUT2D eigenvalue weighted by Gasteiger charge is -2.25. The van der Waals surface area contributed by atoms with Crippen molar-refractivity contribution in [3.05, 3.63) is 56.2 Å². The molecule has 2 aromatic rings. The minimum absolute atomic E-state index is 0.0423. The Balaban J connectivity index is 2.57. The lowest BCUT2D eigenvalue weighted by Crippen LogP contribution is -2.42. The number of carbonyl (C=O) groups excluding carboxylic acids is 1. The minimum Gasteiger partial charge on any atom is -0.383 e. The van der Waals surface area contributed by atoms with E-state index >= 15 is 0 Å². The van der Waals surface area contributed by atoms with Crippen LogP contribution in [0.15, 0.2) is 33.9 Å². The Labute approximate surface area is 165 Å². The first-order chi connectivity index (χ1) is 13.4. The Morgan fingerprint density at radius 3 is 2.43 bits per heavy atom. The van der Waals surface area contributed by atoms with Crippen molar-refractivity contribution in [1.82, 2.24) is 9.55 Å². The number of nitrogen functional groups attached to an aromatic ring is 1. The molecule has 0 radical (unpaired) electrons. The van der Waals surface area contributed by atoms with Gasteiger partial charge < -0.3 is 10.6 Å². The monoisotopic (exact) mass is 386 g/mol. The van der Waals surface area contributed by atoms with E-state index in [2.05, 4.69) is 11.9 Å². The SMILES string of the molecule is CCCCCN(C(=O)c1ccccc1C)c1c(N)n(CCCC)c(=O)[nH]c1=O. The molecule has 0 bridgehead atoms. The summed E-state index contributed by atoms with van der Waals surface area (Å²) in [5, 5.41) is 0. The molecule has 0 saturated heterocycles. The van der Waals surface area contributed by atoms with Crippen molar-refractivity contribution in [1.29, 1.82) is 0 Å². The highest BCUT2D eigenvalue weighted by Gasteiger charge is 2.25. The number of hydrogen-bond acceptors (Lipinski definition) is 4. The van der Waals surface area contributed by atoms with Gasteiger partial charge in [-0.25, -0.2) is 4.79 Å². The summed E-state index contributed by atoms with van der Waals surface area (Å²) in [6.45, 7) is 6.69. The van der Waals surface area contributed by atoms with Crippen LogP contribution in [0.2, 0.25) is 0 Å². The van der Waals surface area contributed by atoms with Crippen molar-refractivity contribution in [2.24, 2.45) is 0 Å². The van der Waals surface area contributed by atoms with E-state index in [0.29, 0.717) is 18.7 Å². The van der Waals surface area contributed by atoms with Gasteiger partial charge in [-0.1, -0.05) is 51.3 Å². The first-order valence-electron chi connectivity index (χ1n) is 9.92. The number of aromatic nitrogens is 2. The number of unbranched alkanes of at least 4 members (excludes halogenated alkanes) is 3. The zero-order valence-corrected chi connectivity index (χ0v) is 17.0. The van der Waals surface area contributed by atoms with Gasteiger partial charge in [0, 0.05) is 18.7 Å². The maximum atomic E-state index is 13.3. The third-order valence-corrected chi connectivity index (χ3v) is 4.83. The molecule has 1 aromatic heterocycles. The van der Waals surface area contributed by atoms with Crippen LogP contribution in [0, 0.1) is 6.92 Å². The normalized spacial score (nSPS) is 10.8. The molecule has 7 heteroatoms. The second-order valence-electron chi connectivity index (χ2n) is 6.98. The Morgan fingerprint density at radius 2 is 1.79 bits per heavy atom. The number of carbonyl (C=O) groups is 1. The quantitative estimate of drug-likeness (QED) is 0.647. The largest absolute Gasteiger partial charge is 0.383 e. The summed E-state index contributed by atoms with van der Waals surface area (Å²) in [5.41, 5.74) is 6.45. The van der Waals surface area contributed by atoms with E-state index in [9.17, 15) is 14.4 Å². The van der Waals surface area contributed by atoms with Crippen LogP contribution in [0.1, 0.15) is 61.9 Å². The smallest absolute Gasteiger partial charge is 0.330 e. The molecular formula is C21H30N4O3. The molecule has 0 atom stereocenters. The number of aromatic amines is 1. The number of hydrogen-bond donors (Lipinski definition) is 2. The molecule has 7 nitrogen and oxygen atoms in total. The van der Waals surface area contributed by atoms with Crippen molar-refractivity contribution < 1.29 is 4.79 Å². The first-order valence-corrected chi connectivity index (χ1v) is 9.92. The molecule has 0 saturated carbocycles. The second kappa shape index (κ2) is 9.92. The van der Waals surface area contributed by atoms with E-state index in [0.717, 1.165) is 37.7 Å². The van der Waals surface area contributed by atoms with Gasteiger partial charge in [-0.15, -0.1) is 0 Å². The van der Waals surface area contributed by atoms with Gasteiger partial charge in [0.2, 0.25) is 0 Å². The number of aryl methyl sites for hydroxylation is 1. The lowest BCUT2D eigenvalue weighted by atomic mass is 10.1. The maximum Gasteiger partial charge on any atom is 0.330 e. The average Bonchev–Trinajstić information content (AvgIpc) is 2.66. The van der Waals surface area contributed by atoms with Crippen LogP contribution >= 0.6 is 0 Å². The van der Waals surface area contributed by atoms with Crippen LogP contribution < -0.4 is 21.9 Å². The molecule has 1 aromatic carbocycles. The molecular weight excluding hydrogens is 356 g/mol. The number of anilines is 2. The van der Waals surface area contributed by atoms with Crippen LogP contribution in [0.4, 0.5) is 11.5 Å². The van der Waals surface area contributed by atoms with E-state index in [1.807, 2.05) is 26.0 Å². The topological polar surface area (TPSA) is 101 Å². The fourth-order valence-electron chi connectivity index (χ4n) is 3.17. The second-order valence-corrected chi connectivity index (χ2v) is 6.98. The summed E-state index contributed by atoms with van der Waals surface area (Å²) in [5.74, 6) is -0.243. The highest BCUT2D eigenvalue weighted by Crippen LogP contribution is 2.22. The summed E-state index contributed by atoms with van der Waals surface area (Å²) in [6, 6.07) is 7.25. The van der Waals surface area contributed by atoms with Crippen LogP contribution in [-0.2, 0) is 6.54 Å². The predicted octanol–water partition coefficient (Wildman–Crippen LogP) is 3.06. The van der Waals surface area contributed by atoms with Crippen LogP contribution in [0.5, 0.6) is 0 Å². The number of rotatable bonds is 9. The zero-order valence-electron chi connectivity index (χ0n) is 17.0. The van der Waals surface area contributed by atoms with Gasteiger partial charge in [-0.3, -0.25) is 19.1 Å². The molecule has 1 amide bonds. The van der Waals surface area contributed by atoms with E-state index < -0.39 is 11.2 Å². The highest BCUT2D eigenvalue weighted by molar-refractivity contribution is 6.08. The average molecular weight is 386 g/mol. The van der Waals surface area contributed by atoms with E-state index in [1.54, 1.807) is 12.1 Å². The van der Waals surface area contributed by atoms with E-state index in [1.165, 1.54) is 9.47 Å². The molecule has 0 spiro atoms. The molecule has 0 aliphatic rings. The molecule has 2 rings (SSSR count). The predicted molar refractivity (Wildman–Crippen MR) is 113 cm³/mol. The van der Waals surface area contributed by atoms with Gasteiger partial charge in [0.1, 0.15) is 5.82 Å². The Bertz CT molecular complexity index is 930. The Hall–Kier alpha value is -2.83. The molecule has 0 aliphatic carbocycles. The third kappa shape index (κ3) is 4.71. The van der Waals surface area contributed by atoms with Crippen LogP contribution in [0.3, 0.4) is 0 Å². The van der Waals surface area contributed by atoms with Gasteiger partial charge in [0.25, 0.3) is 11.5 Å². The molecule has 0 aliphatic heterocycles. The zero-order chi connectivity index (χ0) is 20.7. The minimum atomic E-state index is -0.631. The molecule has 0 unspecified atom stereocenters. The summed E-state index contributed by atoms with van der Waals surface area (Å²) >= 11 is 0. The number of amides is 1. The number of nitrogens with two attached hydrogens (primary N) is 1. The molecule has 152 valence electrons. The summed E-state index contributed by atoms with van der Waals surface area (Å²) in [7, 11) is 0. The first kappa shape index (κ1) is 21.5. The Kier molecular flexibility index (Phi) is 7.61. The third-order valence-electron chi connectivity index (χ3n) is 4.83. The molecule has 1 heterocycles. The number of benzene rings is 1. The van der Waals surface area contributed by atoms with Gasteiger partial charge >= 0.3 is 5.69 Å². The summed E-state index contributed by atoms with van der Waals surface area (Å²) in [4.78, 5) is 41.9. The van der Waals surface area contributed by atoms with Crippen molar-refractivity contribution in [3.63, 3.8) is 0 Å². The van der Waals surface area contributed by atoms with Crippen molar-refractivity contribution in [2.75, 3.05) is 17.2 Å². The Morgan fingerprint density at radius 1 is 1.11 bits per heavy atom. The fraction of sp³-hybridized carbons (Fsp3) is 0.476. The fourth-order valence-corrected chi connectivity index (χ4v) is 3.17. The van der Waals surface area contributed by atoms with E-state index in [-0.39, 0.29) is 17.4 Å². The molecule has 28 heavy (non-hydrogen) atoms. The number of nitrogens with one attached hydrogen (secondary N) is 1. The lowest BCUT2D eigenvalue weighted by molar-refractivity contribution is 0.0985. The van der Waals surface area contributed by atoms with Crippen LogP contribution in [-0.4, -0.2) is 22.0 Å². The van der Waals surface area contributed by atoms with Gasteiger partial charge in [-0.2, -0.15) is 0 Å². The standard InChI is InChI=1S/C21H30N4O3/c1-4-6-10-14-24(20(27)16-12-9-8-11-15(16)3)17-18(22)25(13-7-5-2)21(28)23-19(17)26/h8-9,11-12H,4-7,10,13-14,22H2,1-3H3,(H,23,26,28). The number of nitrogens with zero attached hydrogens (tertiary/aromatic N) is 2. The van der Waals surface area contributed by atoms with Crippen LogP contribution in [0.25, 0.3) is 0 Å². The van der Waals surface area contributed by atoms with Gasteiger partial charge in [-0.05, 0) is 31.4 Å². The van der Waals surface area contributed by atoms with Crippen molar-refractivity contribution in [2.45, 2.75) is 59.4 Å². The molecule has 0 fully saturated rings. The van der Waals surface area contributed by atoms with Gasteiger partial charge in [0.05, 0.1) is 0 Å². The van der Waals surface area contributed by atoms with Crippen molar-refractivity contribution in [3.8, 4) is 0 Å². The maximum absolute atomic E-state index is 13.3. The highest BCUT2D eigenvalue weighted by atomic mass is 16.2. The molecule has 3 N–H and O–H groups in total. The van der Waals surface area contributed by atoms with E-state index in [4.69, 9.17) is 5.73 Å². The van der Waals surface area contributed by atoms with Crippen molar-refractivity contribution >= 4 is 17.4 Å². The van der Waals surface area contributed by atoms with Gasteiger partial charge in [0.15, 0.2) is 5.69 Å².